The summed E-state index contributed by atoms with van der Waals surface area (Å²) in [7, 11) is 3.36. The van der Waals surface area contributed by atoms with Crippen molar-refractivity contribution in [2.45, 2.75) is 31.9 Å². The number of ether oxygens (including phenoxy) is 1. The second-order valence-electron chi connectivity index (χ2n) is 8.54. The molecule has 1 aliphatic heterocycles. The molecule has 4 rings (SSSR count). The highest BCUT2D eigenvalue weighted by molar-refractivity contribution is 8.15. The van der Waals surface area contributed by atoms with Crippen LogP contribution in [0.4, 0.5) is 11.4 Å². The highest BCUT2D eigenvalue weighted by Crippen LogP contribution is 2.41. The Kier molecular flexibility index (Phi) is 7.88. The Morgan fingerprint density at radius 3 is 2.67 bits per heavy atom. The van der Waals surface area contributed by atoms with Crippen LogP contribution in [0, 0.1) is 11.3 Å². The summed E-state index contributed by atoms with van der Waals surface area (Å²) in [5.74, 6) is 0.0906. The van der Waals surface area contributed by atoms with Gasteiger partial charge in [-0.1, -0.05) is 60.1 Å². The zero-order valence-corrected chi connectivity index (χ0v) is 22.2. The molecule has 1 aliphatic rings. The van der Waals surface area contributed by atoms with E-state index in [0.717, 1.165) is 29.2 Å². The molecule has 1 amide bonds. The predicted molar refractivity (Wildman–Crippen MR) is 150 cm³/mol. The number of fused-ring (bicyclic) bond motifs is 1. The van der Waals surface area contributed by atoms with E-state index in [9.17, 15) is 10.1 Å². The van der Waals surface area contributed by atoms with Gasteiger partial charge in [0.1, 0.15) is 16.8 Å². The number of hydrogen-bond donors (Lipinski definition) is 1. The zero-order chi connectivity index (χ0) is 25.8. The zero-order valence-electron chi connectivity index (χ0n) is 20.6. The smallest absolute Gasteiger partial charge is 0.259 e. The van der Waals surface area contributed by atoms with E-state index in [4.69, 9.17) is 21.4 Å². The fourth-order valence-electron chi connectivity index (χ4n) is 4.25. The minimum absolute atomic E-state index is 0.311. The third-order valence-corrected chi connectivity index (χ3v) is 7.71. The maximum atomic E-state index is 13.4. The number of thioether (sulfide) groups is 1. The van der Waals surface area contributed by atoms with E-state index < -0.39 is 0 Å². The monoisotopic (exact) mass is 518 g/mol. The average molecular weight is 519 g/mol. The van der Waals surface area contributed by atoms with Gasteiger partial charge in [-0.25, -0.2) is 0 Å². The lowest BCUT2D eigenvalue weighted by atomic mass is 10.0. The highest BCUT2D eigenvalue weighted by atomic mass is 35.5. The summed E-state index contributed by atoms with van der Waals surface area (Å²) in [6.45, 7) is 4.14. The molecule has 8 heteroatoms. The Balaban J connectivity index is 1.83. The van der Waals surface area contributed by atoms with Crippen molar-refractivity contribution in [2.75, 3.05) is 24.5 Å². The Morgan fingerprint density at radius 1 is 1.28 bits per heavy atom. The van der Waals surface area contributed by atoms with E-state index in [1.165, 1.54) is 0 Å². The van der Waals surface area contributed by atoms with Gasteiger partial charge in [0.15, 0.2) is 5.75 Å². The summed E-state index contributed by atoms with van der Waals surface area (Å²) < 4.78 is 5.81. The van der Waals surface area contributed by atoms with Gasteiger partial charge >= 0.3 is 0 Å². The predicted octanol–water partition coefficient (Wildman–Crippen LogP) is 7.26. The number of methoxy groups -OCH3 is 1. The van der Waals surface area contributed by atoms with Gasteiger partial charge in [0, 0.05) is 28.4 Å². The van der Waals surface area contributed by atoms with E-state index in [-0.39, 0.29) is 5.91 Å². The van der Waals surface area contributed by atoms with E-state index in [0.29, 0.717) is 43.6 Å². The number of benzene rings is 3. The number of nitriles is 1. The van der Waals surface area contributed by atoms with Crippen LogP contribution >= 0.6 is 23.4 Å². The van der Waals surface area contributed by atoms with Crippen LogP contribution in [0.2, 0.25) is 5.02 Å². The quantitative estimate of drug-likeness (QED) is 0.347. The van der Waals surface area contributed by atoms with E-state index in [1.54, 1.807) is 48.1 Å². The number of nitrogens with zero attached hydrogens (tertiary/aromatic N) is 3. The summed E-state index contributed by atoms with van der Waals surface area (Å²) in [6.07, 6.45) is 1.86. The fourth-order valence-corrected chi connectivity index (χ4v) is 5.70. The number of anilines is 2. The molecule has 184 valence electrons. The summed E-state index contributed by atoms with van der Waals surface area (Å²) in [5, 5.41) is 22.7. The standard InChI is InChI=1S/C28H27ClN4O2S/c1-5-21-14-17(2)24(16-30)28(36-21)32-33(3)25-22-9-7-6-8-18(22)15-23(26(25)35-4)27(34)31-20-12-10-19(29)11-13-20/h6-13,15,21H,5,14H2,1-4H3,(H,31,34)/b32-28+. The van der Waals surface area contributed by atoms with Crippen LogP contribution in [-0.4, -0.2) is 30.4 Å². The molecule has 0 radical (unpaired) electrons. The van der Waals surface area contributed by atoms with E-state index in [1.807, 2.05) is 44.3 Å². The van der Waals surface area contributed by atoms with Gasteiger partial charge < -0.3 is 10.1 Å². The maximum absolute atomic E-state index is 13.4. The SMILES string of the molecule is CCC1CC(C)=C(C#N)/C(=N\N(C)c2c(OC)c(C(=O)Nc3ccc(Cl)cc3)cc3ccccc23)S1. The van der Waals surface area contributed by atoms with Crippen LogP contribution < -0.4 is 15.1 Å². The van der Waals surface area contributed by atoms with Gasteiger partial charge in [-0.15, -0.1) is 0 Å². The molecule has 0 aromatic heterocycles. The number of hydrogen-bond acceptors (Lipinski definition) is 6. The average Bonchev–Trinajstić information content (AvgIpc) is 2.88. The molecule has 36 heavy (non-hydrogen) atoms. The second kappa shape index (κ2) is 11.1. The molecule has 3 aromatic rings. The third kappa shape index (κ3) is 5.20. The van der Waals surface area contributed by atoms with Gasteiger partial charge in [-0.2, -0.15) is 10.4 Å². The number of hydrazone groups is 1. The van der Waals surface area contributed by atoms with Crippen molar-refractivity contribution in [3.05, 3.63) is 76.3 Å². The Hall–Kier alpha value is -3.47. The molecule has 0 saturated carbocycles. The lowest BCUT2D eigenvalue weighted by Crippen LogP contribution is -2.21. The summed E-state index contributed by atoms with van der Waals surface area (Å²) in [6, 6.07) is 18.9. The number of rotatable bonds is 6. The van der Waals surface area contributed by atoms with Gasteiger partial charge in [0.2, 0.25) is 0 Å². The first-order valence-corrected chi connectivity index (χ1v) is 12.9. The Morgan fingerprint density at radius 2 is 2.00 bits per heavy atom. The molecular formula is C28H27ClN4O2S. The molecule has 0 saturated heterocycles. The van der Waals surface area contributed by atoms with Crippen LogP contribution in [-0.2, 0) is 0 Å². The van der Waals surface area contributed by atoms with E-state index in [2.05, 4.69) is 18.3 Å². The van der Waals surface area contributed by atoms with Gasteiger partial charge in [0.25, 0.3) is 5.91 Å². The molecule has 3 aromatic carbocycles. The van der Waals surface area contributed by atoms with Crippen molar-refractivity contribution in [2.24, 2.45) is 5.10 Å². The van der Waals surface area contributed by atoms with Gasteiger partial charge in [0.05, 0.1) is 18.2 Å². The third-order valence-electron chi connectivity index (χ3n) is 6.11. The van der Waals surface area contributed by atoms with Crippen LogP contribution in [0.15, 0.2) is 70.8 Å². The number of halogens is 1. The van der Waals surface area contributed by atoms with Crippen LogP contribution in [0.1, 0.15) is 37.0 Å². The van der Waals surface area contributed by atoms with Crippen LogP contribution in [0.3, 0.4) is 0 Å². The molecule has 1 N–H and O–H groups in total. The second-order valence-corrected chi connectivity index (χ2v) is 10.3. The fraction of sp³-hybridized carbons (Fsp3) is 0.250. The summed E-state index contributed by atoms with van der Waals surface area (Å²) >= 11 is 7.61. The molecule has 1 unspecified atom stereocenters. The van der Waals surface area contributed by atoms with Crippen molar-refractivity contribution in [3.8, 4) is 11.8 Å². The number of carbonyl (C=O) groups excluding carboxylic acids is 1. The normalized spacial score (nSPS) is 16.7. The molecule has 1 heterocycles. The molecule has 6 nitrogen and oxygen atoms in total. The maximum Gasteiger partial charge on any atom is 0.259 e. The number of nitrogens with one attached hydrogen (secondary N) is 1. The minimum atomic E-state index is -0.311. The van der Waals surface area contributed by atoms with Crippen molar-refractivity contribution < 1.29 is 9.53 Å². The first-order chi connectivity index (χ1) is 17.4. The first-order valence-electron chi connectivity index (χ1n) is 11.6. The lowest BCUT2D eigenvalue weighted by molar-refractivity contribution is 0.102. The van der Waals surface area contributed by atoms with Gasteiger partial charge in [-0.05, 0) is 55.5 Å². The van der Waals surface area contributed by atoms with Crippen molar-refractivity contribution in [3.63, 3.8) is 0 Å². The largest absolute Gasteiger partial charge is 0.494 e. The minimum Gasteiger partial charge on any atom is -0.494 e. The molecular weight excluding hydrogens is 492 g/mol. The molecule has 0 fully saturated rings. The van der Waals surface area contributed by atoms with Crippen LogP contribution in [0.5, 0.6) is 5.75 Å². The summed E-state index contributed by atoms with van der Waals surface area (Å²) in [4.78, 5) is 13.4. The first kappa shape index (κ1) is 25.6. The van der Waals surface area contributed by atoms with Gasteiger partial charge in [-0.3, -0.25) is 9.80 Å². The molecule has 0 bridgehead atoms. The molecule has 0 spiro atoms. The molecule has 1 atom stereocenters. The van der Waals surface area contributed by atoms with Crippen LogP contribution in [0.25, 0.3) is 10.8 Å². The topological polar surface area (TPSA) is 77.7 Å². The Bertz CT molecular complexity index is 1410. The number of allylic oxidation sites excluding steroid dienone is 1. The van der Waals surface area contributed by atoms with Crippen molar-refractivity contribution in [1.82, 2.24) is 0 Å². The lowest BCUT2D eigenvalue weighted by Gasteiger charge is -2.26. The van der Waals surface area contributed by atoms with E-state index >= 15 is 0 Å². The summed E-state index contributed by atoms with van der Waals surface area (Å²) in [5.41, 5.74) is 3.31. The number of carbonyl (C=O) groups is 1. The Labute approximate surface area is 220 Å². The van der Waals surface area contributed by atoms with Crippen molar-refractivity contribution >= 4 is 56.5 Å². The van der Waals surface area contributed by atoms with Crippen molar-refractivity contribution in [1.29, 1.82) is 5.26 Å². The molecule has 0 aliphatic carbocycles. The highest BCUT2D eigenvalue weighted by Gasteiger charge is 2.27. The number of amides is 1.